The first-order valence-electron chi connectivity index (χ1n) is 11.3. The number of phenolic OH excluding ortho intramolecular Hbond substituents is 1. The highest BCUT2D eigenvalue weighted by molar-refractivity contribution is 5.76. The molecule has 0 unspecified atom stereocenters. The molecule has 7 heteroatoms. The summed E-state index contributed by atoms with van der Waals surface area (Å²) in [5, 5.41) is 12.5. The van der Waals surface area contributed by atoms with Crippen LogP contribution < -0.4 is 20.0 Å². The third-order valence-corrected chi connectivity index (χ3v) is 6.26. The summed E-state index contributed by atoms with van der Waals surface area (Å²) in [6, 6.07) is 15.9. The van der Waals surface area contributed by atoms with Crippen LogP contribution in [0.4, 0.5) is 5.69 Å². The molecule has 2 aliphatic heterocycles. The van der Waals surface area contributed by atoms with Crippen LogP contribution in [-0.4, -0.2) is 70.0 Å². The third-order valence-electron chi connectivity index (χ3n) is 6.26. The maximum Gasteiger partial charge on any atom is 0.275 e. The van der Waals surface area contributed by atoms with Crippen molar-refractivity contribution in [2.24, 2.45) is 0 Å². The van der Waals surface area contributed by atoms with Gasteiger partial charge >= 0.3 is 0 Å². The van der Waals surface area contributed by atoms with Crippen LogP contribution in [0.15, 0.2) is 48.5 Å². The Morgan fingerprint density at radius 2 is 1.55 bits per heavy atom. The molecule has 1 amide bonds. The highest BCUT2D eigenvalue weighted by Crippen LogP contribution is 2.18. The van der Waals surface area contributed by atoms with Crippen LogP contribution in [-0.2, 0) is 22.6 Å². The Balaban J connectivity index is 1.16. The van der Waals surface area contributed by atoms with Gasteiger partial charge in [0.25, 0.3) is 5.91 Å². The van der Waals surface area contributed by atoms with Crippen molar-refractivity contribution in [3.8, 4) is 5.75 Å². The Kier molecular flexibility index (Phi) is 7.40. The minimum atomic E-state index is 0.106. The van der Waals surface area contributed by atoms with Gasteiger partial charge in [-0.05, 0) is 29.8 Å². The number of aromatic hydroxyl groups is 1. The van der Waals surface area contributed by atoms with Gasteiger partial charge in [0.2, 0.25) is 0 Å². The molecular weight excluding hydrogens is 392 g/mol. The van der Waals surface area contributed by atoms with E-state index >= 15 is 0 Å². The van der Waals surface area contributed by atoms with E-state index in [9.17, 15) is 9.90 Å². The van der Waals surface area contributed by atoms with E-state index in [1.54, 1.807) is 17.0 Å². The lowest BCUT2D eigenvalue weighted by Crippen LogP contribution is -3.15. The van der Waals surface area contributed by atoms with Gasteiger partial charge < -0.3 is 29.9 Å². The third kappa shape index (κ3) is 6.43. The molecule has 0 spiro atoms. The average molecular weight is 427 g/mol. The number of ether oxygens (including phenoxy) is 1. The number of carbonyl (C=O) groups excluding carboxylic acids is 1. The van der Waals surface area contributed by atoms with Crippen molar-refractivity contribution in [2.45, 2.75) is 13.1 Å². The van der Waals surface area contributed by atoms with Crippen LogP contribution in [0.5, 0.6) is 5.75 Å². The Morgan fingerprint density at radius 1 is 0.903 bits per heavy atom. The van der Waals surface area contributed by atoms with Crippen molar-refractivity contribution >= 4 is 11.6 Å². The number of quaternary nitrogens is 2. The average Bonchev–Trinajstić information content (AvgIpc) is 2.80. The largest absolute Gasteiger partial charge is 0.508 e. The lowest BCUT2D eigenvalue weighted by atomic mass is 10.1. The number of benzene rings is 2. The molecule has 0 bridgehead atoms. The smallest absolute Gasteiger partial charge is 0.275 e. The van der Waals surface area contributed by atoms with E-state index in [0.717, 1.165) is 70.3 Å². The molecular formula is C24H34N4O3+2. The molecule has 4 rings (SSSR count). The summed E-state index contributed by atoms with van der Waals surface area (Å²) in [4.78, 5) is 17.6. The van der Waals surface area contributed by atoms with E-state index in [-0.39, 0.29) is 11.7 Å². The Labute approximate surface area is 184 Å². The highest BCUT2D eigenvalue weighted by atomic mass is 16.5. The summed E-state index contributed by atoms with van der Waals surface area (Å²) in [6.07, 6.45) is 0. The maximum absolute atomic E-state index is 12.4. The van der Waals surface area contributed by atoms with Gasteiger partial charge in [-0.2, -0.15) is 0 Å². The number of nitrogens with one attached hydrogen (secondary N) is 3. The molecule has 2 heterocycles. The fraction of sp³-hybridized carbons (Fsp3) is 0.458. The fourth-order valence-corrected chi connectivity index (χ4v) is 4.31. The molecule has 2 saturated heterocycles. The van der Waals surface area contributed by atoms with Crippen LogP contribution >= 0.6 is 0 Å². The minimum absolute atomic E-state index is 0.106. The minimum Gasteiger partial charge on any atom is -0.508 e. The molecule has 7 nitrogen and oxygen atoms in total. The number of hydrogen-bond donors (Lipinski definition) is 4. The second-order valence-electron chi connectivity index (χ2n) is 8.56. The number of amides is 1. The summed E-state index contributed by atoms with van der Waals surface area (Å²) in [6.45, 7) is 9.70. The maximum atomic E-state index is 12.4. The van der Waals surface area contributed by atoms with E-state index in [1.165, 1.54) is 10.5 Å². The van der Waals surface area contributed by atoms with Gasteiger partial charge in [0.05, 0.1) is 39.4 Å². The molecule has 2 aromatic carbocycles. The number of carbonyl (C=O) groups is 1. The number of morpholine rings is 1. The summed E-state index contributed by atoms with van der Waals surface area (Å²) in [7, 11) is 0. The van der Waals surface area contributed by atoms with Crippen molar-refractivity contribution in [1.82, 2.24) is 5.32 Å². The van der Waals surface area contributed by atoms with Gasteiger partial charge in [-0.1, -0.05) is 24.3 Å². The van der Waals surface area contributed by atoms with Crippen molar-refractivity contribution in [3.63, 3.8) is 0 Å². The lowest BCUT2D eigenvalue weighted by molar-refractivity contribution is -0.921. The number of rotatable bonds is 7. The van der Waals surface area contributed by atoms with Gasteiger partial charge in [-0.25, -0.2) is 0 Å². The van der Waals surface area contributed by atoms with Crippen molar-refractivity contribution < 1.29 is 24.4 Å². The molecule has 2 fully saturated rings. The van der Waals surface area contributed by atoms with E-state index in [0.29, 0.717) is 13.1 Å². The first kappa shape index (κ1) is 21.6. The molecule has 166 valence electrons. The summed E-state index contributed by atoms with van der Waals surface area (Å²) >= 11 is 0. The first-order valence-corrected chi connectivity index (χ1v) is 11.3. The van der Waals surface area contributed by atoms with Gasteiger partial charge in [0.15, 0.2) is 6.54 Å². The fourth-order valence-electron chi connectivity index (χ4n) is 4.31. The second-order valence-corrected chi connectivity index (χ2v) is 8.56. The Morgan fingerprint density at radius 3 is 2.23 bits per heavy atom. The lowest BCUT2D eigenvalue weighted by Gasteiger charge is -2.33. The van der Waals surface area contributed by atoms with Crippen LogP contribution in [0.3, 0.4) is 0 Å². The quantitative estimate of drug-likeness (QED) is 0.450. The molecule has 0 radical (unpaired) electrons. The molecule has 31 heavy (non-hydrogen) atoms. The SMILES string of the molecule is O=C(C[NH+]1CCN(c2ccc(O)cc2)CC1)NCc1ccc(C[NH+]2CCOCC2)cc1. The van der Waals surface area contributed by atoms with E-state index < -0.39 is 0 Å². The van der Waals surface area contributed by atoms with Crippen molar-refractivity contribution in [1.29, 1.82) is 0 Å². The topological polar surface area (TPSA) is 70.7 Å². The summed E-state index contributed by atoms with van der Waals surface area (Å²) < 4.78 is 5.42. The van der Waals surface area contributed by atoms with Crippen LogP contribution in [0.1, 0.15) is 11.1 Å². The first-order chi connectivity index (χ1) is 15.2. The second kappa shape index (κ2) is 10.6. The number of nitrogens with zero attached hydrogens (tertiary/aromatic N) is 1. The zero-order valence-electron chi connectivity index (χ0n) is 18.1. The van der Waals surface area contributed by atoms with Crippen molar-refractivity contribution in [3.05, 3.63) is 59.7 Å². The number of phenols is 1. The molecule has 0 saturated carbocycles. The van der Waals surface area contributed by atoms with Crippen LogP contribution in [0, 0.1) is 0 Å². The van der Waals surface area contributed by atoms with Crippen LogP contribution in [0.25, 0.3) is 0 Å². The van der Waals surface area contributed by atoms with E-state index in [1.807, 2.05) is 12.1 Å². The zero-order chi connectivity index (χ0) is 21.5. The number of piperazine rings is 1. The normalized spacial score (nSPS) is 18.1. The molecule has 2 aliphatic rings. The van der Waals surface area contributed by atoms with Gasteiger partial charge in [-0.3, -0.25) is 4.79 Å². The number of anilines is 1. The van der Waals surface area contributed by atoms with Gasteiger partial charge in [0.1, 0.15) is 25.4 Å². The van der Waals surface area contributed by atoms with E-state index in [4.69, 9.17) is 4.74 Å². The number of hydrogen-bond acceptors (Lipinski definition) is 4. The molecule has 0 aromatic heterocycles. The highest BCUT2D eigenvalue weighted by Gasteiger charge is 2.22. The zero-order valence-corrected chi connectivity index (χ0v) is 18.1. The van der Waals surface area contributed by atoms with Crippen molar-refractivity contribution in [2.75, 3.05) is 63.9 Å². The van der Waals surface area contributed by atoms with Gasteiger partial charge in [0, 0.05) is 17.8 Å². The predicted octanol–water partition coefficient (Wildman–Crippen LogP) is -1.17. The van der Waals surface area contributed by atoms with E-state index in [2.05, 4.69) is 34.5 Å². The van der Waals surface area contributed by atoms with Crippen LogP contribution in [0.2, 0.25) is 0 Å². The molecule has 4 N–H and O–H groups in total. The Bertz CT molecular complexity index is 827. The monoisotopic (exact) mass is 426 g/mol. The molecule has 0 aliphatic carbocycles. The van der Waals surface area contributed by atoms with Gasteiger partial charge in [-0.15, -0.1) is 0 Å². The standard InChI is InChI=1S/C24H32N4O3/c29-23-7-5-22(6-8-23)28-11-9-26(10-12-28)19-24(30)25-17-20-1-3-21(4-2-20)18-27-13-15-31-16-14-27/h1-8,29H,9-19H2,(H,25,30)/p+2. The Hall–Kier alpha value is -2.61. The molecule has 0 atom stereocenters. The predicted molar refractivity (Wildman–Crippen MR) is 119 cm³/mol. The summed E-state index contributed by atoms with van der Waals surface area (Å²) in [5.41, 5.74) is 3.60. The summed E-state index contributed by atoms with van der Waals surface area (Å²) in [5.74, 6) is 0.396. The molecule has 2 aromatic rings.